The van der Waals surface area contributed by atoms with E-state index < -0.39 is 5.82 Å². The molecule has 0 radical (unpaired) electrons. The summed E-state index contributed by atoms with van der Waals surface area (Å²) in [6.07, 6.45) is 0. The Bertz CT molecular complexity index is 537. The Morgan fingerprint density at radius 3 is 2.71 bits per heavy atom. The van der Waals surface area contributed by atoms with Gasteiger partial charge in [0.15, 0.2) is 11.6 Å². The van der Waals surface area contributed by atoms with Gasteiger partial charge in [-0.2, -0.15) is 4.98 Å². The molecule has 1 heterocycles. The fourth-order valence-electron chi connectivity index (χ4n) is 1.58. The summed E-state index contributed by atoms with van der Waals surface area (Å²) in [4.78, 5) is 4.21. The van der Waals surface area contributed by atoms with Gasteiger partial charge < -0.3 is 14.5 Å². The Morgan fingerprint density at radius 1 is 1.41 bits per heavy atom. The number of rotatable bonds is 3. The highest BCUT2D eigenvalue weighted by atomic mass is 19.1. The molecule has 0 aliphatic heterocycles. The lowest BCUT2D eigenvalue weighted by Crippen LogP contribution is -1.90. The molecule has 0 amide bonds. The lowest BCUT2D eigenvalue weighted by molar-refractivity contribution is 0.386. The third kappa shape index (κ3) is 2.08. The zero-order chi connectivity index (χ0) is 12.4. The Balaban J connectivity index is 2.45. The summed E-state index contributed by atoms with van der Waals surface area (Å²) in [7, 11) is 3.14. The van der Waals surface area contributed by atoms with E-state index in [1.54, 1.807) is 26.1 Å². The fraction of sp³-hybridized carbons (Fsp3) is 0.250. The second-order valence-electron chi connectivity index (χ2n) is 3.52. The smallest absolute Gasteiger partial charge is 0.295 e. The number of nitrogens with zero attached hydrogens (tertiary/aromatic N) is 1. The summed E-state index contributed by atoms with van der Waals surface area (Å²) in [5.41, 5.74) is 1.28. The number of hydrogen-bond acceptors (Lipinski definition) is 4. The fourth-order valence-corrected chi connectivity index (χ4v) is 1.58. The first-order valence-corrected chi connectivity index (χ1v) is 5.14. The Labute approximate surface area is 98.4 Å². The van der Waals surface area contributed by atoms with Gasteiger partial charge in [-0.3, -0.25) is 0 Å². The van der Waals surface area contributed by atoms with Crippen LogP contribution in [0.4, 0.5) is 10.4 Å². The van der Waals surface area contributed by atoms with Crippen LogP contribution < -0.4 is 10.1 Å². The Hall–Kier alpha value is -2.04. The molecule has 17 heavy (non-hydrogen) atoms. The first-order valence-electron chi connectivity index (χ1n) is 5.14. The molecule has 2 aromatic rings. The van der Waals surface area contributed by atoms with Crippen LogP contribution in [0.5, 0.6) is 5.75 Å². The third-order valence-electron chi connectivity index (χ3n) is 2.44. The predicted octanol–water partition coefficient (Wildman–Crippen LogP) is 2.84. The minimum Gasteiger partial charge on any atom is -0.494 e. The number of aryl methyl sites for hydroxylation is 1. The van der Waals surface area contributed by atoms with Gasteiger partial charge in [-0.25, -0.2) is 4.39 Å². The van der Waals surface area contributed by atoms with Gasteiger partial charge >= 0.3 is 0 Å². The van der Waals surface area contributed by atoms with Crippen molar-refractivity contribution in [3.05, 3.63) is 29.8 Å². The number of benzene rings is 1. The summed E-state index contributed by atoms with van der Waals surface area (Å²) >= 11 is 0. The number of aromatic nitrogens is 1. The molecule has 0 spiro atoms. The van der Waals surface area contributed by atoms with E-state index in [2.05, 4.69) is 10.3 Å². The molecule has 0 saturated carbocycles. The van der Waals surface area contributed by atoms with Crippen LogP contribution in [0.2, 0.25) is 0 Å². The number of nitrogens with one attached hydrogen (secondary N) is 1. The summed E-state index contributed by atoms with van der Waals surface area (Å²) in [5, 5.41) is 2.80. The summed E-state index contributed by atoms with van der Waals surface area (Å²) in [6.45, 7) is 1.78. The molecule has 0 atom stereocenters. The maximum Gasteiger partial charge on any atom is 0.295 e. The van der Waals surface area contributed by atoms with E-state index in [1.165, 1.54) is 13.2 Å². The van der Waals surface area contributed by atoms with E-state index in [0.717, 1.165) is 0 Å². The van der Waals surface area contributed by atoms with Crippen LogP contribution in [0, 0.1) is 12.7 Å². The number of oxazole rings is 1. The van der Waals surface area contributed by atoms with Crippen molar-refractivity contribution < 1.29 is 13.5 Å². The molecule has 0 saturated heterocycles. The standard InChI is InChI=1S/C12H13FN2O2/c1-7-11(15-12(14-2)17-7)8-4-5-10(16-3)9(13)6-8/h4-6H,1-3H3,(H,14,15). The Kier molecular flexibility index (Phi) is 2.99. The minimum atomic E-state index is -0.418. The highest BCUT2D eigenvalue weighted by molar-refractivity contribution is 5.63. The molecule has 0 aliphatic carbocycles. The first kappa shape index (κ1) is 11.4. The predicted molar refractivity (Wildman–Crippen MR) is 62.7 cm³/mol. The summed E-state index contributed by atoms with van der Waals surface area (Å²) in [5.74, 6) is 0.432. The number of hydrogen-bond donors (Lipinski definition) is 1. The second kappa shape index (κ2) is 4.45. The third-order valence-corrected chi connectivity index (χ3v) is 2.44. The molecule has 1 aromatic heterocycles. The van der Waals surface area contributed by atoms with Gasteiger partial charge in [0.1, 0.15) is 11.5 Å². The van der Waals surface area contributed by atoms with E-state index in [9.17, 15) is 4.39 Å². The van der Waals surface area contributed by atoms with Gasteiger partial charge in [0.25, 0.3) is 6.01 Å². The molecule has 2 rings (SSSR count). The van der Waals surface area contributed by atoms with E-state index in [4.69, 9.17) is 9.15 Å². The number of ether oxygens (including phenoxy) is 1. The molecular weight excluding hydrogens is 223 g/mol. The van der Waals surface area contributed by atoms with Crippen molar-refractivity contribution >= 4 is 6.01 Å². The topological polar surface area (TPSA) is 47.3 Å². The number of halogens is 1. The molecular formula is C12H13FN2O2. The zero-order valence-electron chi connectivity index (χ0n) is 9.87. The molecule has 1 aromatic carbocycles. The van der Waals surface area contributed by atoms with Crippen LogP contribution in [0.25, 0.3) is 11.3 Å². The van der Waals surface area contributed by atoms with Crippen molar-refractivity contribution in [2.75, 3.05) is 19.5 Å². The molecule has 0 unspecified atom stereocenters. The zero-order valence-corrected chi connectivity index (χ0v) is 9.87. The largest absolute Gasteiger partial charge is 0.494 e. The summed E-state index contributed by atoms with van der Waals surface area (Å²) in [6, 6.07) is 5.10. The van der Waals surface area contributed by atoms with E-state index in [1.807, 2.05) is 0 Å². The second-order valence-corrected chi connectivity index (χ2v) is 3.52. The van der Waals surface area contributed by atoms with E-state index >= 15 is 0 Å². The number of anilines is 1. The van der Waals surface area contributed by atoms with Crippen molar-refractivity contribution in [1.82, 2.24) is 4.98 Å². The average Bonchev–Trinajstić information content (AvgIpc) is 2.70. The van der Waals surface area contributed by atoms with E-state index in [-0.39, 0.29) is 5.75 Å². The monoisotopic (exact) mass is 236 g/mol. The van der Waals surface area contributed by atoms with Gasteiger partial charge in [-0.05, 0) is 25.1 Å². The molecule has 0 aliphatic rings. The molecule has 90 valence electrons. The van der Waals surface area contributed by atoms with Gasteiger partial charge in [0, 0.05) is 12.6 Å². The van der Waals surface area contributed by atoms with Crippen LogP contribution in [-0.4, -0.2) is 19.1 Å². The molecule has 4 nitrogen and oxygen atoms in total. The first-order chi connectivity index (χ1) is 8.15. The van der Waals surface area contributed by atoms with E-state index in [0.29, 0.717) is 23.0 Å². The maximum atomic E-state index is 13.6. The van der Waals surface area contributed by atoms with Crippen molar-refractivity contribution in [3.8, 4) is 17.0 Å². The molecule has 5 heteroatoms. The molecule has 0 bridgehead atoms. The van der Waals surface area contributed by atoms with Gasteiger partial charge in [0.05, 0.1) is 7.11 Å². The van der Waals surface area contributed by atoms with Crippen LogP contribution in [0.15, 0.2) is 22.6 Å². The minimum absolute atomic E-state index is 0.212. The average molecular weight is 236 g/mol. The van der Waals surface area contributed by atoms with Crippen LogP contribution in [0.3, 0.4) is 0 Å². The van der Waals surface area contributed by atoms with Gasteiger partial charge in [-0.1, -0.05) is 0 Å². The van der Waals surface area contributed by atoms with Gasteiger partial charge in [0.2, 0.25) is 0 Å². The van der Waals surface area contributed by atoms with Crippen LogP contribution in [0.1, 0.15) is 5.76 Å². The highest BCUT2D eigenvalue weighted by Gasteiger charge is 2.13. The quantitative estimate of drug-likeness (QED) is 0.890. The van der Waals surface area contributed by atoms with Crippen molar-refractivity contribution in [2.45, 2.75) is 6.92 Å². The summed E-state index contributed by atoms with van der Waals surface area (Å²) < 4.78 is 23.8. The lowest BCUT2D eigenvalue weighted by atomic mass is 10.1. The Morgan fingerprint density at radius 2 is 2.18 bits per heavy atom. The van der Waals surface area contributed by atoms with Crippen molar-refractivity contribution in [1.29, 1.82) is 0 Å². The van der Waals surface area contributed by atoms with Crippen LogP contribution in [-0.2, 0) is 0 Å². The molecule has 0 fully saturated rings. The van der Waals surface area contributed by atoms with Gasteiger partial charge in [-0.15, -0.1) is 0 Å². The highest BCUT2D eigenvalue weighted by Crippen LogP contribution is 2.28. The maximum absolute atomic E-state index is 13.6. The molecule has 1 N–H and O–H groups in total. The lowest BCUT2D eigenvalue weighted by Gasteiger charge is -2.03. The normalized spacial score (nSPS) is 10.4. The van der Waals surface area contributed by atoms with Crippen molar-refractivity contribution in [3.63, 3.8) is 0 Å². The van der Waals surface area contributed by atoms with Crippen LogP contribution >= 0.6 is 0 Å². The number of methoxy groups -OCH3 is 1. The SMILES string of the molecule is CNc1nc(-c2ccc(OC)c(F)c2)c(C)o1. The van der Waals surface area contributed by atoms with Crippen molar-refractivity contribution in [2.24, 2.45) is 0 Å².